The summed E-state index contributed by atoms with van der Waals surface area (Å²) >= 11 is 0. The van der Waals surface area contributed by atoms with E-state index in [1.807, 2.05) is 32.0 Å². The van der Waals surface area contributed by atoms with Crippen LogP contribution in [0, 0.1) is 13.8 Å². The predicted octanol–water partition coefficient (Wildman–Crippen LogP) is 5.20. The Morgan fingerprint density at radius 1 is 1.00 bits per heavy atom. The van der Waals surface area contributed by atoms with Crippen LogP contribution in [0.15, 0.2) is 42.5 Å². The molecule has 1 amide bonds. The highest BCUT2D eigenvalue weighted by atomic mass is 16.6. The third-order valence-corrected chi connectivity index (χ3v) is 5.23. The van der Waals surface area contributed by atoms with Gasteiger partial charge in [-0.1, -0.05) is 24.1 Å². The molecular formula is C24H29NO4. The topological polar surface area (TPSA) is 64.6 Å². The zero-order valence-corrected chi connectivity index (χ0v) is 17.4. The van der Waals surface area contributed by atoms with E-state index >= 15 is 0 Å². The molecule has 1 N–H and O–H groups in total. The van der Waals surface area contributed by atoms with Crippen molar-refractivity contribution in [3.05, 3.63) is 59.2 Å². The maximum Gasteiger partial charge on any atom is 0.347 e. The Hall–Kier alpha value is -2.82. The number of ether oxygens (including phenoxy) is 2. The lowest BCUT2D eigenvalue weighted by Gasteiger charge is -2.23. The number of anilines is 1. The van der Waals surface area contributed by atoms with Crippen LogP contribution in [0.4, 0.5) is 5.69 Å². The van der Waals surface area contributed by atoms with Gasteiger partial charge in [-0.25, -0.2) is 4.79 Å². The van der Waals surface area contributed by atoms with Crippen LogP contribution in [0.5, 0.6) is 5.75 Å². The summed E-state index contributed by atoms with van der Waals surface area (Å²) in [5, 5.41) is 2.92. The third kappa shape index (κ3) is 5.83. The molecule has 5 heteroatoms. The second kappa shape index (κ2) is 9.59. The highest BCUT2D eigenvalue weighted by Crippen LogP contribution is 2.22. The predicted molar refractivity (Wildman–Crippen MR) is 113 cm³/mol. The number of hydrogen-bond acceptors (Lipinski definition) is 4. The standard InChI is InChI=1S/C24H29NO4/c1-16-9-14-22(17(2)15-16)25-23(26)19-10-12-21(13-11-19)28-18(3)24(27)29-20-7-5-4-6-8-20/h9-15,18,20H,4-8H2,1-3H3,(H,25,26)/t18-/m1/s1. The van der Waals surface area contributed by atoms with E-state index in [2.05, 4.69) is 5.32 Å². The molecule has 1 fully saturated rings. The number of amides is 1. The number of carbonyl (C=O) groups is 2. The minimum absolute atomic E-state index is 0.0126. The first-order valence-electron chi connectivity index (χ1n) is 10.3. The van der Waals surface area contributed by atoms with E-state index < -0.39 is 6.10 Å². The van der Waals surface area contributed by atoms with Gasteiger partial charge in [0.1, 0.15) is 11.9 Å². The number of rotatable bonds is 6. The zero-order valence-electron chi connectivity index (χ0n) is 17.4. The molecule has 154 valence electrons. The minimum atomic E-state index is -0.688. The molecule has 0 saturated heterocycles. The molecule has 0 heterocycles. The molecule has 2 aromatic rings. The van der Waals surface area contributed by atoms with Gasteiger partial charge in [0.15, 0.2) is 6.10 Å². The summed E-state index contributed by atoms with van der Waals surface area (Å²) in [6.45, 7) is 5.67. The van der Waals surface area contributed by atoms with Gasteiger partial charge in [0.25, 0.3) is 5.91 Å². The molecule has 0 aromatic heterocycles. The average molecular weight is 395 g/mol. The number of carbonyl (C=O) groups excluding carboxylic acids is 2. The van der Waals surface area contributed by atoms with Crippen molar-refractivity contribution in [1.82, 2.24) is 0 Å². The monoisotopic (exact) mass is 395 g/mol. The zero-order chi connectivity index (χ0) is 20.8. The average Bonchev–Trinajstić information content (AvgIpc) is 2.71. The summed E-state index contributed by atoms with van der Waals surface area (Å²) in [5.74, 6) is 0.00276. The van der Waals surface area contributed by atoms with Crippen molar-refractivity contribution in [3.8, 4) is 5.75 Å². The number of esters is 1. The molecule has 0 spiro atoms. The summed E-state index contributed by atoms with van der Waals surface area (Å²) in [5.41, 5.74) is 3.48. The lowest BCUT2D eigenvalue weighted by molar-refractivity contribution is -0.158. The molecule has 5 nitrogen and oxygen atoms in total. The number of hydrogen-bond donors (Lipinski definition) is 1. The van der Waals surface area contributed by atoms with Gasteiger partial charge in [-0.3, -0.25) is 4.79 Å². The van der Waals surface area contributed by atoms with Gasteiger partial charge < -0.3 is 14.8 Å². The Kier molecular flexibility index (Phi) is 6.91. The quantitative estimate of drug-likeness (QED) is 0.683. The van der Waals surface area contributed by atoms with Crippen molar-refractivity contribution in [2.45, 2.75) is 65.1 Å². The van der Waals surface area contributed by atoms with E-state index in [-0.39, 0.29) is 18.0 Å². The fourth-order valence-electron chi connectivity index (χ4n) is 3.53. The molecule has 1 aliphatic rings. The molecule has 0 bridgehead atoms. The van der Waals surface area contributed by atoms with Gasteiger partial charge in [-0.05, 0) is 82.3 Å². The minimum Gasteiger partial charge on any atom is -0.479 e. The van der Waals surface area contributed by atoms with Crippen LogP contribution in [0.3, 0.4) is 0 Å². The molecule has 3 rings (SSSR count). The Morgan fingerprint density at radius 2 is 1.69 bits per heavy atom. The van der Waals surface area contributed by atoms with Crippen LogP contribution in [0.1, 0.15) is 60.5 Å². The van der Waals surface area contributed by atoms with Crippen molar-refractivity contribution in [2.24, 2.45) is 0 Å². The summed E-state index contributed by atoms with van der Waals surface area (Å²) in [4.78, 5) is 24.7. The Bertz CT molecular complexity index is 854. The smallest absolute Gasteiger partial charge is 0.347 e. The Morgan fingerprint density at radius 3 is 2.34 bits per heavy atom. The van der Waals surface area contributed by atoms with Crippen molar-refractivity contribution in [1.29, 1.82) is 0 Å². The maximum absolute atomic E-state index is 12.5. The first kappa shape index (κ1) is 20.9. The highest BCUT2D eigenvalue weighted by molar-refractivity contribution is 6.04. The van der Waals surface area contributed by atoms with Gasteiger partial charge in [0.05, 0.1) is 0 Å². The lowest BCUT2D eigenvalue weighted by Crippen LogP contribution is -2.31. The van der Waals surface area contributed by atoms with E-state index in [9.17, 15) is 9.59 Å². The van der Waals surface area contributed by atoms with Crippen LogP contribution < -0.4 is 10.1 Å². The first-order chi connectivity index (χ1) is 13.9. The maximum atomic E-state index is 12.5. The van der Waals surface area contributed by atoms with E-state index in [0.29, 0.717) is 11.3 Å². The Balaban J connectivity index is 1.54. The molecule has 0 aliphatic heterocycles. The summed E-state index contributed by atoms with van der Waals surface area (Å²) in [6, 6.07) is 12.7. The van der Waals surface area contributed by atoms with E-state index in [1.165, 1.54) is 6.42 Å². The molecule has 1 atom stereocenters. The molecule has 0 unspecified atom stereocenters. The van der Waals surface area contributed by atoms with Crippen molar-refractivity contribution in [2.75, 3.05) is 5.32 Å². The van der Waals surface area contributed by atoms with Gasteiger partial charge >= 0.3 is 5.97 Å². The van der Waals surface area contributed by atoms with Crippen molar-refractivity contribution < 1.29 is 19.1 Å². The molecule has 29 heavy (non-hydrogen) atoms. The summed E-state index contributed by atoms with van der Waals surface area (Å²) in [6.07, 6.45) is 4.62. The largest absolute Gasteiger partial charge is 0.479 e. The second-order valence-electron chi connectivity index (χ2n) is 7.75. The van der Waals surface area contributed by atoms with Gasteiger partial charge in [-0.2, -0.15) is 0 Å². The number of aryl methyl sites for hydroxylation is 2. The van der Waals surface area contributed by atoms with E-state index in [1.54, 1.807) is 31.2 Å². The number of benzene rings is 2. The number of nitrogens with one attached hydrogen (secondary N) is 1. The lowest BCUT2D eigenvalue weighted by atomic mass is 9.98. The third-order valence-electron chi connectivity index (χ3n) is 5.23. The first-order valence-corrected chi connectivity index (χ1v) is 10.3. The van der Waals surface area contributed by atoms with E-state index in [4.69, 9.17) is 9.47 Å². The summed E-state index contributed by atoms with van der Waals surface area (Å²) in [7, 11) is 0. The van der Waals surface area contributed by atoms with Crippen LogP contribution >= 0.6 is 0 Å². The van der Waals surface area contributed by atoms with Crippen LogP contribution in [0.25, 0.3) is 0 Å². The van der Waals surface area contributed by atoms with Crippen LogP contribution in [-0.4, -0.2) is 24.1 Å². The van der Waals surface area contributed by atoms with Gasteiger partial charge in [0, 0.05) is 11.3 Å². The molecule has 2 aromatic carbocycles. The fraction of sp³-hybridized carbons (Fsp3) is 0.417. The highest BCUT2D eigenvalue weighted by Gasteiger charge is 2.23. The normalized spacial score (nSPS) is 15.4. The van der Waals surface area contributed by atoms with Crippen LogP contribution in [0.2, 0.25) is 0 Å². The van der Waals surface area contributed by atoms with Gasteiger partial charge in [0.2, 0.25) is 0 Å². The van der Waals surface area contributed by atoms with Crippen molar-refractivity contribution in [3.63, 3.8) is 0 Å². The molecule has 1 saturated carbocycles. The molecule has 0 radical (unpaired) electrons. The van der Waals surface area contributed by atoms with Gasteiger partial charge in [-0.15, -0.1) is 0 Å². The Labute approximate surface area is 172 Å². The van der Waals surface area contributed by atoms with Crippen LogP contribution in [-0.2, 0) is 9.53 Å². The molecule has 1 aliphatic carbocycles. The second-order valence-corrected chi connectivity index (χ2v) is 7.75. The summed E-state index contributed by atoms with van der Waals surface area (Å²) < 4.78 is 11.2. The SMILES string of the molecule is Cc1ccc(NC(=O)c2ccc(O[C@H](C)C(=O)OC3CCCCC3)cc2)c(C)c1. The fourth-order valence-corrected chi connectivity index (χ4v) is 3.53. The molecular weight excluding hydrogens is 366 g/mol. The van der Waals surface area contributed by atoms with Crippen molar-refractivity contribution >= 4 is 17.6 Å². The van der Waals surface area contributed by atoms with E-state index in [0.717, 1.165) is 42.5 Å².